The van der Waals surface area contributed by atoms with E-state index < -0.39 is 12.2 Å². The first-order chi connectivity index (χ1) is 15.9. The third-order valence-electron chi connectivity index (χ3n) is 4.08. The summed E-state index contributed by atoms with van der Waals surface area (Å²) < 4.78 is 15.4. The van der Waals surface area contributed by atoms with E-state index >= 15 is 0 Å². The SMILES string of the molecule is CCCCCCCCOc1ccc(NC(=S)NC(=O)OCC)c(NC(=S)NC(=O)OCC)n1. The Kier molecular flexibility index (Phi) is 14.4. The molecule has 1 rings (SSSR count). The van der Waals surface area contributed by atoms with Crippen LogP contribution in [0.4, 0.5) is 21.1 Å². The Morgan fingerprint density at radius 1 is 0.848 bits per heavy atom. The van der Waals surface area contributed by atoms with Crippen molar-refractivity contribution in [3.05, 3.63) is 12.1 Å². The Morgan fingerprint density at radius 2 is 1.42 bits per heavy atom. The van der Waals surface area contributed by atoms with Crippen LogP contribution in [0.25, 0.3) is 0 Å². The van der Waals surface area contributed by atoms with Gasteiger partial charge in [0.1, 0.15) is 0 Å². The molecule has 33 heavy (non-hydrogen) atoms. The standard InChI is InChI=1S/C21H33N5O5S2/c1-4-7-8-9-10-11-14-31-16-13-12-15(22-18(32)25-20(27)29-5-2)17(23-16)24-19(33)26-21(28)30-6-3/h12-13H,4-11,14H2,1-3H3,(H2,22,25,27,32)(H2,23,24,26,28,33). The number of rotatable bonds is 12. The monoisotopic (exact) mass is 499 g/mol. The van der Waals surface area contributed by atoms with Gasteiger partial charge >= 0.3 is 12.2 Å². The molecule has 184 valence electrons. The molecule has 2 amide bonds. The first-order valence-corrected chi connectivity index (χ1v) is 11.8. The zero-order valence-corrected chi connectivity index (χ0v) is 21.0. The van der Waals surface area contributed by atoms with Crippen LogP contribution in [0.5, 0.6) is 5.88 Å². The summed E-state index contributed by atoms with van der Waals surface area (Å²) in [4.78, 5) is 27.6. The number of amides is 2. The quantitative estimate of drug-likeness (QED) is 0.237. The van der Waals surface area contributed by atoms with Gasteiger partial charge in [-0.2, -0.15) is 4.98 Å². The molecule has 0 fully saturated rings. The van der Waals surface area contributed by atoms with E-state index in [4.69, 9.17) is 38.6 Å². The van der Waals surface area contributed by atoms with Crippen molar-refractivity contribution in [3.63, 3.8) is 0 Å². The van der Waals surface area contributed by atoms with E-state index in [1.165, 1.54) is 25.7 Å². The van der Waals surface area contributed by atoms with Crippen LogP contribution in [0, 0.1) is 0 Å². The predicted molar refractivity (Wildman–Crippen MR) is 136 cm³/mol. The Morgan fingerprint density at radius 3 is 2.03 bits per heavy atom. The molecule has 0 bridgehead atoms. The van der Waals surface area contributed by atoms with E-state index in [1.807, 2.05) is 0 Å². The molecule has 0 radical (unpaired) electrons. The molecule has 0 saturated carbocycles. The zero-order valence-electron chi connectivity index (χ0n) is 19.3. The number of nitrogens with zero attached hydrogens (tertiary/aromatic N) is 1. The summed E-state index contributed by atoms with van der Waals surface area (Å²) in [7, 11) is 0. The third-order valence-corrected chi connectivity index (χ3v) is 4.49. The summed E-state index contributed by atoms with van der Waals surface area (Å²) in [6, 6.07) is 3.33. The molecule has 12 heteroatoms. The number of carbonyl (C=O) groups is 2. The first kappa shape index (κ1) is 28.3. The van der Waals surface area contributed by atoms with Crippen molar-refractivity contribution in [2.75, 3.05) is 30.5 Å². The number of carbonyl (C=O) groups excluding carboxylic acids is 2. The smallest absolute Gasteiger partial charge is 0.413 e. The summed E-state index contributed by atoms with van der Waals surface area (Å²) >= 11 is 10.3. The van der Waals surface area contributed by atoms with Crippen LogP contribution in [0.3, 0.4) is 0 Å². The normalized spacial score (nSPS) is 10.0. The molecular formula is C21H33N5O5S2. The maximum Gasteiger partial charge on any atom is 0.413 e. The Balaban J connectivity index is 2.80. The first-order valence-electron chi connectivity index (χ1n) is 11.0. The average Bonchev–Trinajstić information content (AvgIpc) is 2.75. The number of alkyl carbamates (subject to hydrolysis) is 2. The second-order valence-electron chi connectivity index (χ2n) is 6.76. The van der Waals surface area contributed by atoms with Crippen molar-refractivity contribution in [2.24, 2.45) is 0 Å². The van der Waals surface area contributed by atoms with E-state index in [0.717, 1.165) is 12.8 Å². The fourth-order valence-electron chi connectivity index (χ4n) is 2.59. The lowest BCUT2D eigenvalue weighted by atomic mass is 10.1. The highest BCUT2D eigenvalue weighted by Gasteiger charge is 2.13. The second-order valence-corrected chi connectivity index (χ2v) is 7.58. The summed E-state index contributed by atoms with van der Waals surface area (Å²) in [6.07, 6.45) is 5.50. The topological polar surface area (TPSA) is 123 Å². The fourth-order valence-corrected chi connectivity index (χ4v) is 2.96. The Labute approximate surface area is 205 Å². The van der Waals surface area contributed by atoms with Gasteiger partial charge < -0.3 is 24.8 Å². The van der Waals surface area contributed by atoms with Gasteiger partial charge in [-0.15, -0.1) is 0 Å². The predicted octanol–water partition coefficient (Wildman–Crippen LogP) is 4.71. The van der Waals surface area contributed by atoms with Crippen LogP contribution < -0.4 is 26.0 Å². The van der Waals surface area contributed by atoms with Crippen LogP contribution in [0.2, 0.25) is 0 Å². The summed E-state index contributed by atoms with van der Waals surface area (Å²) in [5, 5.41) is 10.4. The van der Waals surface area contributed by atoms with Gasteiger partial charge in [-0.1, -0.05) is 39.0 Å². The average molecular weight is 500 g/mol. The number of pyridine rings is 1. The molecule has 1 aromatic rings. The maximum absolute atomic E-state index is 11.6. The number of hydrogen-bond donors (Lipinski definition) is 4. The van der Waals surface area contributed by atoms with Crippen LogP contribution >= 0.6 is 24.4 Å². The summed E-state index contributed by atoms with van der Waals surface area (Å²) in [6.45, 7) is 6.49. The van der Waals surface area contributed by atoms with Gasteiger partial charge in [0, 0.05) is 6.07 Å². The lowest BCUT2D eigenvalue weighted by Gasteiger charge is -2.16. The van der Waals surface area contributed by atoms with E-state index in [2.05, 4.69) is 33.2 Å². The minimum atomic E-state index is -0.695. The zero-order chi connectivity index (χ0) is 24.5. The van der Waals surface area contributed by atoms with Gasteiger partial charge in [0.15, 0.2) is 16.0 Å². The van der Waals surface area contributed by atoms with Gasteiger partial charge in [0.2, 0.25) is 5.88 Å². The lowest BCUT2D eigenvalue weighted by molar-refractivity contribution is 0.157. The van der Waals surface area contributed by atoms with E-state index in [9.17, 15) is 9.59 Å². The summed E-state index contributed by atoms with van der Waals surface area (Å²) in [5.41, 5.74) is 0.400. The number of thiocarbonyl (C=S) groups is 2. The van der Waals surface area contributed by atoms with Gasteiger partial charge in [-0.05, 0) is 50.8 Å². The second kappa shape index (κ2) is 16.8. The highest BCUT2D eigenvalue weighted by molar-refractivity contribution is 7.80. The van der Waals surface area contributed by atoms with Gasteiger partial charge in [-0.25, -0.2) is 9.59 Å². The highest BCUT2D eigenvalue weighted by atomic mass is 32.1. The molecule has 0 unspecified atom stereocenters. The fraction of sp³-hybridized carbons (Fsp3) is 0.571. The number of aromatic nitrogens is 1. The summed E-state index contributed by atoms with van der Waals surface area (Å²) in [5.74, 6) is 0.616. The molecule has 0 aliphatic rings. The van der Waals surface area contributed by atoms with Crippen molar-refractivity contribution in [1.82, 2.24) is 15.6 Å². The van der Waals surface area contributed by atoms with Crippen LogP contribution in [0.1, 0.15) is 59.3 Å². The molecule has 0 aliphatic carbocycles. The number of hydrogen-bond acceptors (Lipinski definition) is 8. The number of nitrogens with one attached hydrogen (secondary N) is 4. The van der Waals surface area contributed by atoms with E-state index in [1.54, 1.807) is 26.0 Å². The van der Waals surface area contributed by atoms with Gasteiger partial charge in [0.25, 0.3) is 0 Å². The molecule has 0 spiro atoms. The maximum atomic E-state index is 11.6. The number of ether oxygens (including phenoxy) is 3. The molecule has 0 aliphatic heterocycles. The largest absolute Gasteiger partial charge is 0.478 e. The minimum Gasteiger partial charge on any atom is -0.478 e. The number of anilines is 2. The van der Waals surface area contributed by atoms with Crippen molar-refractivity contribution in [2.45, 2.75) is 59.3 Å². The van der Waals surface area contributed by atoms with E-state index in [0.29, 0.717) is 18.2 Å². The van der Waals surface area contributed by atoms with Gasteiger partial charge in [0.05, 0.1) is 25.5 Å². The molecule has 0 aromatic carbocycles. The van der Waals surface area contributed by atoms with Crippen molar-refractivity contribution in [1.29, 1.82) is 0 Å². The molecule has 4 N–H and O–H groups in total. The van der Waals surface area contributed by atoms with Crippen LogP contribution in [0.15, 0.2) is 12.1 Å². The molecular weight excluding hydrogens is 466 g/mol. The highest BCUT2D eigenvalue weighted by Crippen LogP contribution is 2.23. The van der Waals surface area contributed by atoms with Crippen molar-refractivity contribution in [3.8, 4) is 5.88 Å². The molecule has 0 atom stereocenters. The van der Waals surface area contributed by atoms with Crippen molar-refractivity contribution < 1.29 is 23.8 Å². The van der Waals surface area contributed by atoms with Crippen LogP contribution in [-0.4, -0.2) is 47.2 Å². The van der Waals surface area contributed by atoms with Crippen LogP contribution in [-0.2, 0) is 9.47 Å². The third kappa shape index (κ3) is 12.8. The Bertz CT molecular complexity index is 794. The lowest BCUT2D eigenvalue weighted by Crippen LogP contribution is -2.36. The van der Waals surface area contributed by atoms with E-state index in [-0.39, 0.29) is 29.3 Å². The molecule has 1 aromatic heterocycles. The molecule has 10 nitrogen and oxygen atoms in total. The molecule has 0 saturated heterocycles. The molecule has 1 heterocycles. The van der Waals surface area contributed by atoms with Crippen molar-refractivity contribution >= 4 is 58.4 Å². The minimum absolute atomic E-state index is 0.00307. The van der Waals surface area contributed by atoms with Gasteiger partial charge in [-0.3, -0.25) is 10.6 Å². The number of unbranched alkanes of at least 4 members (excludes halogenated alkanes) is 5. The Hall–Kier alpha value is -2.73.